The van der Waals surface area contributed by atoms with Crippen LogP contribution in [0.5, 0.6) is 0 Å². The molecule has 2 heterocycles. The average molecular weight is 315 g/mol. The Kier molecular flexibility index (Phi) is 4.07. The summed E-state index contributed by atoms with van der Waals surface area (Å²) >= 11 is 3.49. The van der Waals surface area contributed by atoms with Crippen LogP contribution in [0, 0.1) is 0 Å². The summed E-state index contributed by atoms with van der Waals surface area (Å²) in [5, 5.41) is 13.1. The molecule has 2 rings (SSSR count). The van der Waals surface area contributed by atoms with Crippen molar-refractivity contribution < 1.29 is 5.11 Å². The summed E-state index contributed by atoms with van der Waals surface area (Å²) in [6.45, 7) is 3.63. The third-order valence-corrected chi connectivity index (χ3v) is 3.87. The van der Waals surface area contributed by atoms with E-state index in [4.69, 9.17) is 0 Å². The van der Waals surface area contributed by atoms with E-state index in [9.17, 15) is 5.11 Å². The maximum atomic E-state index is 10.1. The van der Waals surface area contributed by atoms with E-state index in [0.29, 0.717) is 5.95 Å². The average Bonchev–Trinajstić information content (AvgIpc) is 2.51. The van der Waals surface area contributed by atoms with Gasteiger partial charge in [-0.2, -0.15) is 4.98 Å². The minimum absolute atomic E-state index is 0.555. The fourth-order valence-electron chi connectivity index (χ4n) is 2.18. The molecule has 0 aliphatic carbocycles. The van der Waals surface area contributed by atoms with Gasteiger partial charge in [0.15, 0.2) is 0 Å². The van der Waals surface area contributed by atoms with Crippen LogP contribution in [0.3, 0.4) is 0 Å². The molecule has 0 aromatic carbocycles. The van der Waals surface area contributed by atoms with Gasteiger partial charge in [-0.1, -0.05) is 0 Å². The summed E-state index contributed by atoms with van der Waals surface area (Å²) in [4.78, 5) is 10.8. The van der Waals surface area contributed by atoms with E-state index in [-0.39, 0.29) is 0 Å². The molecule has 1 atom stereocenters. The number of nitrogens with zero attached hydrogens (tertiary/aromatic N) is 3. The molecule has 100 valence electrons. The molecule has 1 aliphatic heterocycles. The first-order valence-electron chi connectivity index (χ1n) is 6.19. The van der Waals surface area contributed by atoms with Crippen molar-refractivity contribution in [1.29, 1.82) is 0 Å². The van der Waals surface area contributed by atoms with Crippen molar-refractivity contribution in [1.82, 2.24) is 9.97 Å². The van der Waals surface area contributed by atoms with Crippen molar-refractivity contribution >= 4 is 27.7 Å². The molecule has 0 bridgehead atoms. The summed E-state index contributed by atoms with van der Waals surface area (Å²) in [5.41, 5.74) is -0.555. The van der Waals surface area contributed by atoms with Crippen LogP contribution >= 0.6 is 15.9 Å². The topological polar surface area (TPSA) is 61.3 Å². The van der Waals surface area contributed by atoms with Gasteiger partial charge in [-0.05, 0) is 42.1 Å². The van der Waals surface area contributed by atoms with Crippen LogP contribution in [0.4, 0.5) is 11.8 Å². The van der Waals surface area contributed by atoms with Crippen LogP contribution in [-0.2, 0) is 0 Å². The molecule has 5 nitrogen and oxygen atoms in total. The quantitative estimate of drug-likeness (QED) is 0.874. The van der Waals surface area contributed by atoms with E-state index in [1.807, 2.05) is 6.92 Å². The first kappa shape index (κ1) is 13.5. The molecule has 0 amide bonds. The molecule has 1 saturated heterocycles. The summed E-state index contributed by atoms with van der Waals surface area (Å²) in [5.74, 6) is 1.51. The van der Waals surface area contributed by atoms with E-state index >= 15 is 0 Å². The Labute approximate surface area is 116 Å². The van der Waals surface area contributed by atoms with E-state index in [1.165, 1.54) is 0 Å². The van der Waals surface area contributed by atoms with Gasteiger partial charge in [-0.3, -0.25) is 0 Å². The molecule has 1 aromatic heterocycles. The van der Waals surface area contributed by atoms with Crippen LogP contribution in [0.25, 0.3) is 0 Å². The summed E-state index contributed by atoms with van der Waals surface area (Å²) in [7, 11) is 1.81. The molecule has 0 saturated carbocycles. The Morgan fingerprint density at radius 2 is 2.22 bits per heavy atom. The zero-order valence-corrected chi connectivity index (χ0v) is 12.4. The van der Waals surface area contributed by atoms with Gasteiger partial charge >= 0.3 is 0 Å². The van der Waals surface area contributed by atoms with Crippen LogP contribution in [0.1, 0.15) is 26.2 Å². The summed E-state index contributed by atoms with van der Waals surface area (Å²) in [6.07, 6.45) is 4.33. The largest absolute Gasteiger partial charge is 0.390 e. The third-order valence-electron chi connectivity index (χ3n) is 3.31. The highest BCUT2D eigenvalue weighted by Gasteiger charge is 2.26. The predicted octanol–water partition coefficient (Wildman–Crippen LogP) is 2.02. The lowest BCUT2D eigenvalue weighted by atomic mass is 9.98. The molecule has 6 heteroatoms. The van der Waals surface area contributed by atoms with E-state index in [0.717, 1.165) is 42.6 Å². The van der Waals surface area contributed by atoms with Crippen molar-refractivity contribution in [2.45, 2.75) is 31.8 Å². The Balaban J connectivity index is 2.20. The van der Waals surface area contributed by atoms with Gasteiger partial charge in [0.25, 0.3) is 0 Å². The lowest BCUT2D eigenvalue weighted by Crippen LogP contribution is -2.29. The maximum Gasteiger partial charge on any atom is 0.224 e. The van der Waals surface area contributed by atoms with Gasteiger partial charge in [0, 0.05) is 26.3 Å². The number of nitrogens with one attached hydrogen (secondary N) is 1. The Morgan fingerprint density at radius 3 is 2.94 bits per heavy atom. The maximum absolute atomic E-state index is 10.1. The Morgan fingerprint density at radius 1 is 1.44 bits per heavy atom. The second-order valence-corrected chi connectivity index (χ2v) is 5.81. The van der Waals surface area contributed by atoms with Gasteiger partial charge in [0.1, 0.15) is 5.82 Å². The SMILES string of the molecule is CNc1ncc(Br)c(N2CCCC(C)(O)CC2)n1. The lowest BCUT2D eigenvalue weighted by molar-refractivity contribution is 0.0481. The van der Waals surface area contributed by atoms with E-state index in [2.05, 4.69) is 36.1 Å². The van der Waals surface area contributed by atoms with Gasteiger partial charge in [0.2, 0.25) is 5.95 Å². The van der Waals surface area contributed by atoms with Crippen molar-refractivity contribution in [2.75, 3.05) is 30.4 Å². The minimum Gasteiger partial charge on any atom is -0.390 e. The van der Waals surface area contributed by atoms with Crippen LogP contribution in [-0.4, -0.2) is 40.8 Å². The number of hydrogen-bond donors (Lipinski definition) is 2. The van der Waals surface area contributed by atoms with E-state index < -0.39 is 5.60 Å². The van der Waals surface area contributed by atoms with E-state index in [1.54, 1.807) is 13.2 Å². The van der Waals surface area contributed by atoms with Gasteiger partial charge < -0.3 is 15.3 Å². The standard InChI is InChI=1S/C12H19BrN4O/c1-12(18)4-3-6-17(7-5-12)10-9(13)8-15-11(14-2)16-10/h8,18H,3-7H2,1-2H3,(H,14,15,16). The number of halogens is 1. The summed E-state index contributed by atoms with van der Waals surface area (Å²) < 4.78 is 0.892. The molecular formula is C12H19BrN4O. The number of anilines is 2. The first-order valence-corrected chi connectivity index (χ1v) is 6.99. The fourth-order valence-corrected chi connectivity index (χ4v) is 2.62. The normalized spacial score (nSPS) is 24.8. The minimum atomic E-state index is -0.555. The van der Waals surface area contributed by atoms with Crippen molar-refractivity contribution in [3.05, 3.63) is 10.7 Å². The molecule has 1 unspecified atom stereocenters. The van der Waals surface area contributed by atoms with Crippen LogP contribution in [0.2, 0.25) is 0 Å². The molecule has 1 aromatic rings. The van der Waals surface area contributed by atoms with Crippen molar-refractivity contribution in [3.8, 4) is 0 Å². The molecule has 2 N–H and O–H groups in total. The van der Waals surface area contributed by atoms with Gasteiger partial charge in [-0.25, -0.2) is 4.98 Å². The molecule has 0 spiro atoms. The highest BCUT2D eigenvalue weighted by atomic mass is 79.9. The van der Waals surface area contributed by atoms with Crippen molar-refractivity contribution in [2.24, 2.45) is 0 Å². The predicted molar refractivity (Wildman–Crippen MR) is 76.0 cm³/mol. The van der Waals surface area contributed by atoms with Gasteiger partial charge in [0.05, 0.1) is 10.1 Å². The smallest absolute Gasteiger partial charge is 0.224 e. The zero-order chi connectivity index (χ0) is 13.2. The Bertz CT molecular complexity index is 425. The highest BCUT2D eigenvalue weighted by molar-refractivity contribution is 9.10. The number of aliphatic hydroxyl groups is 1. The number of hydrogen-bond acceptors (Lipinski definition) is 5. The molecule has 18 heavy (non-hydrogen) atoms. The molecule has 1 aliphatic rings. The van der Waals surface area contributed by atoms with Crippen LogP contribution in [0.15, 0.2) is 10.7 Å². The molecule has 1 fully saturated rings. The van der Waals surface area contributed by atoms with Gasteiger partial charge in [-0.15, -0.1) is 0 Å². The second-order valence-electron chi connectivity index (χ2n) is 4.95. The molecule has 0 radical (unpaired) electrons. The monoisotopic (exact) mass is 314 g/mol. The number of rotatable bonds is 2. The van der Waals surface area contributed by atoms with Crippen molar-refractivity contribution in [3.63, 3.8) is 0 Å². The molecular weight excluding hydrogens is 296 g/mol. The second kappa shape index (κ2) is 5.40. The first-order chi connectivity index (χ1) is 8.52. The highest BCUT2D eigenvalue weighted by Crippen LogP contribution is 2.29. The van der Waals surface area contributed by atoms with Crippen LogP contribution < -0.4 is 10.2 Å². The third kappa shape index (κ3) is 3.11. The lowest BCUT2D eigenvalue weighted by Gasteiger charge is -2.24. The zero-order valence-electron chi connectivity index (χ0n) is 10.8. The summed E-state index contributed by atoms with van der Waals surface area (Å²) in [6, 6.07) is 0. The number of aromatic nitrogens is 2. The fraction of sp³-hybridized carbons (Fsp3) is 0.667. The Hall–Kier alpha value is -0.880.